The van der Waals surface area contributed by atoms with Crippen molar-refractivity contribution in [3.8, 4) is 11.4 Å². The molecule has 10 heteroatoms. The van der Waals surface area contributed by atoms with Gasteiger partial charge >= 0.3 is 0 Å². The highest BCUT2D eigenvalue weighted by atomic mass is 35.5. The summed E-state index contributed by atoms with van der Waals surface area (Å²) in [5.74, 6) is 0.338. The molecule has 4 aromatic rings. The number of halogens is 3. The number of nitrogens with one attached hydrogen (secondary N) is 1. The summed E-state index contributed by atoms with van der Waals surface area (Å²) in [4.78, 5) is 12.7. The smallest absolute Gasteiger partial charge is 0.237 e. The maximum Gasteiger partial charge on any atom is 0.237 e. The van der Waals surface area contributed by atoms with Crippen LogP contribution in [0.3, 0.4) is 0 Å². The molecule has 2 heterocycles. The second-order valence-electron chi connectivity index (χ2n) is 6.85. The molecule has 0 bridgehead atoms. The highest BCUT2D eigenvalue weighted by Gasteiger charge is 2.22. The van der Waals surface area contributed by atoms with Gasteiger partial charge in [-0.3, -0.25) is 9.36 Å². The van der Waals surface area contributed by atoms with Crippen LogP contribution in [0.4, 0.5) is 10.1 Å². The Balaban J connectivity index is 1.58. The molecule has 0 saturated heterocycles. The van der Waals surface area contributed by atoms with Gasteiger partial charge in [-0.15, -0.1) is 10.2 Å². The first-order valence-corrected chi connectivity index (χ1v) is 11.2. The Bertz CT molecular complexity index is 1230. The number of anilines is 1. The molecule has 1 N–H and O–H groups in total. The van der Waals surface area contributed by atoms with E-state index in [0.717, 1.165) is 11.6 Å². The van der Waals surface area contributed by atoms with Gasteiger partial charge in [0.1, 0.15) is 11.6 Å². The van der Waals surface area contributed by atoms with Gasteiger partial charge in [0.25, 0.3) is 0 Å². The molecule has 0 saturated carbocycles. The minimum Gasteiger partial charge on any atom is -0.467 e. The van der Waals surface area contributed by atoms with E-state index in [0.29, 0.717) is 28.3 Å². The molecular weight excluding hydrogens is 474 g/mol. The van der Waals surface area contributed by atoms with Crippen molar-refractivity contribution in [3.63, 3.8) is 0 Å². The van der Waals surface area contributed by atoms with Crippen molar-refractivity contribution in [1.29, 1.82) is 0 Å². The Morgan fingerprint density at radius 2 is 1.91 bits per heavy atom. The van der Waals surface area contributed by atoms with Gasteiger partial charge in [0.15, 0.2) is 11.0 Å². The number of amides is 1. The van der Waals surface area contributed by atoms with Gasteiger partial charge in [0, 0.05) is 15.6 Å². The molecule has 0 spiro atoms. The maximum atomic E-state index is 14.0. The molecule has 164 valence electrons. The third kappa shape index (κ3) is 5.15. The van der Waals surface area contributed by atoms with Gasteiger partial charge in [-0.2, -0.15) is 0 Å². The lowest BCUT2D eigenvalue weighted by Crippen LogP contribution is -2.23. The van der Waals surface area contributed by atoms with Gasteiger partial charge < -0.3 is 9.73 Å². The van der Waals surface area contributed by atoms with Gasteiger partial charge in [-0.25, -0.2) is 4.39 Å². The number of hydrogen-bond acceptors (Lipinski definition) is 5. The van der Waals surface area contributed by atoms with Crippen molar-refractivity contribution in [1.82, 2.24) is 14.8 Å². The Morgan fingerprint density at radius 3 is 2.59 bits per heavy atom. The molecule has 0 aliphatic rings. The zero-order valence-corrected chi connectivity index (χ0v) is 19.1. The normalized spacial score (nSPS) is 12.0. The average Bonchev–Trinajstić information content (AvgIpc) is 3.41. The number of aromatic nitrogens is 3. The summed E-state index contributed by atoms with van der Waals surface area (Å²) >= 11 is 13.0. The van der Waals surface area contributed by atoms with E-state index in [9.17, 15) is 9.18 Å². The minimum absolute atomic E-state index is 0.0609. The van der Waals surface area contributed by atoms with Crippen LogP contribution in [0.2, 0.25) is 10.0 Å². The molecule has 0 radical (unpaired) electrons. The van der Waals surface area contributed by atoms with Crippen LogP contribution in [0.15, 0.2) is 70.4 Å². The fourth-order valence-corrected chi connectivity index (χ4v) is 4.06. The van der Waals surface area contributed by atoms with Crippen LogP contribution < -0.4 is 5.32 Å². The second kappa shape index (κ2) is 9.77. The lowest BCUT2D eigenvalue weighted by molar-refractivity contribution is -0.115. The zero-order chi connectivity index (χ0) is 22.7. The minimum atomic E-state index is -0.603. The molecule has 0 fully saturated rings. The zero-order valence-electron chi connectivity index (χ0n) is 16.8. The lowest BCUT2D eigenvalue weighted by Gasteiger charge is -2.14. The highest BCUT2D eigenvalue weighted by Crippen LogP contribution is 2.29. The van der Waals surface area contributed by atoms with Crippen molar-refractivity contribution in [2.24, 2.45) is 0 Å². The molecule has 1 unspecified atom stereocenters. The Labute approximate surface area is 197 Å². The standard InChI is InChI=1S/C22H17Cl2FN4O2S/c1-13(21(30)26-19-9-8-16(24)11-18(19)25)32-22-28-27-20(14-4-6-15(23)7-5-14)29(22)12-17-3-2-10-31-17/h2-11,13H,12H2,1H3,(H,26,30). The van der Waals surface area contributed by atoms with E-state index in [1.807, 2.05) is 22.8 Å². The number of benzene rings is 2. The van der Waals surface area contributed by atoms with E-state index in [1.165, 1.54) is 23.9 Å². The second-order valence-corrected chi connectivity index (χ2v) is 9.03. The predicted octanol–water partition coefficient (Wildman–Crippen LogP) is 6.15. The van der Waals surface area contributed by atoms with Crippen LogP contribution in [0.5, 0.6) is 0 Å². The summed E-state index contributed by atoms with van der Waals surface area (Å²) < 4.78 is 21.4. The van der Waals surface area contributed by atoms with E-state index in [1.54, 1.807) is 31.4 Å². The van der Waals surface area contributed by atoms with Gasteiger partial charge in [0.2, 0.25) is 5.91 Å². The fourth-order valence-electron chi connectivity index (χ4n) is 2.93. The number of rotatable bonds is 7. The topological polar surface area (TPSA) is 73.0 Å². The molecule has 6 nitrogen and oxygen atoms in total. The van der Waals surface area contributed by atoms with Crippen LogP contribution in [-0.2, 0) is 11.3 Å². The largest absolute Gasteiger partial charge is 0.467 e. The fraction of sp³-hybridized carbons (Fsp3) is 0.136. The maximum absolute atomic E-state index is 14.0. The number of furan rings is 1. The van der Waals surface area contributed by atoms with E-state index in [2.05, 4.69) is 15.5 Å². The number of hydrogen-bond donors (Lipinski definition) is 1. The number of carbonyl (C=O) groups is 1. The quantitative estimate of drug-likeness (QED) is 0.314. The van der Waals surface area contributed by atoms with E-state index in [4.69, 9.17) is 27.6 Å². The van der Waals surface area contributed by atoms with Crippen molar-refractivity contribution in [2.45, 2.75) is 23.9 Å². The molecule has 2 aromatic carbocycles. The number of thioether (sulfide) groups is 1. The SMILES string of the molecule is CC(Sc1nnc(-c2ccc(Cl)cc2)n1Cc1ccco1)C(=O)Nc1ccc(Cl)cc1F. The van der Waals surface area contributed by atoms with Crippen LogP contribution in [0.1, 0.15) is 12.7 Å². The summed E-state index contributed by atoms with van der Waals surface area (Å²) in [6, 6.07) is 15.0. The Kier molecular flexibility index (Phi) is 6.83. The van der Waals surface area contributed by atoms with E-state index >= 15 is 0 Å². The number of carbonyl (C=O) groups excluding carboxylic acids is 1. The van der Waals surface area contributed by atoms with Crippen LogP contribution in [0.25, 0.3) is 11.4 Å². The molecular formula is C22H17Cl2FN4O2S. The van der Waals surface area contributed by atoms with Crippen molar-refractivity contribution < 1.29 is 13.6 Å². The van der Waals surface area contributed by atoms with Crippen molar-refractivity contribution in [2.75, 3.05) is 5.32 Å². The summed E-state index contributed by atoms with van der Waals surface area (Å²) in [5.41, 5.74) is 0.881. The first-order valence-electron chi connectivity index (χ1n) is 9.55. The molecule has 0 aliphatic carbocycles. The first-order chi connectivity index (χ1) is 15.4. The molecule has 32 heavy (non-hydrogen) atoms. The summed E-state index contributed by atoms with van der Waals surface area (Å²) in [5, 5.41) is 12.0. The molecule has 2 aromatic heterocycles. The van der Waals surface area contributed by atoms with Crippen LogP contribution in [-0.4, -0.2) is 25.9 Å². The number of nitrogens with zero attached hydrogens (tertiary/aromatic N) is 3. The summed E-state index contributed by atoms with van der Waals surface area (Å²) in [6.45, 7) is 2.09. The highest BCUT2D eigenvalue weighted by molar-refractivity contribution is 8.00. The predicted molar refractivity (Wildman–Crippen MR) is 124 cm³/mol. The van der Waals surface area contributed by atoms with Crippen molar-refractivity contribution in [3.05, 3.63) is 82.5 Å². The summed E-state index contributed by atoms with van der Waals surface area (Å²) in [6.07, 6.45) is 1.59. The van der Waals surface area contributed by atoms with Crippen LogP contribution in [0, 0.1) is 5.82 Å². The van der Waals surface area contributed by atoms with Gasteiger partial charge in [-0.05, 0) is 61.5 Å². The van der Waals surface area contributed by atoms with Gasteiger partial charge in [0.05, 0.1) is 23.7 Å². The van der Waals surface area contributed by atoms with E-state index in [-0.39, 0.29) is 16.6 Å². The lowest BCUT2D eigenvalue weighted by atomic mass is 10.2. The van der Waals surface area contributed by atoms with Crippen molar-refractivity contribution >= 4 is 46.6 Å². The third-order valence-corrected chi connectivity index (χ3v) is 6.12. The van der Waals surface area contributed by atoms with Gasteiger partial charge in [-0.1, -0.05) is 35.0 Å². The van der Waals surface area contributed by atoms with Crippen LogP contribution >= 0.6 is 35.0 Å². The molecule has 1 amide bonds. The molecule has 4 rings (SSSR count). The monoisotopic (exact) mass is 490 g/mol. The average molecular weight is 491 g/mol. The Morgan fingerprint density at radius 1 is 1.16 bits per heavy atom. The molecule has 1 atom stereocenters. The summed E-state index contributed by atoms with van der Waals surface area (Å²) in [7, 11) is 0. The third-order valence-electron chi connectivity index (χ3n) is 4.55. The molecule has 0 aliphatic heterocycles. The van der Waals surface area contributed by atoms with E-state index < -0.39 is 11.1 Å². The first kappa shape index (κ1) is 22.4. The Hall–Kier alpha value is -2.81.